The highest BCUT2D eigenvalue weighted by atomic mass is 32.2. The van der Waals surface area contributed by atoms with Gasteiger partial charge in [-0.05, 0) is 35.2 Å². The summed E-state index contributed by atoms with van der Waals surface area (Å²) in [5.41, 5.74) is 3.16. The lowest BCUT2D eigenvalue weighted by molar-refractivity contribution is 0.425. The Labute approximate surface area is 167 Å². The van der Waals surface area contributed by atoms with E-state index >= 15 is 0 Å². The Bertz CT molecular complexity index is 1050. The van der Waals surface area contributed by atoms with Crippen molar-refractivity contribution in [3.05, 3.63) is 66.0 Å². The van der Waals surface area contributed by atoms with Gasteiger partial charge in [0.05, 0.1) is 5.75 Å². The summed E-state index contributed by atoms with van der Waals surface area (Å²) in [6.07, 6.45) is 0. The summed E-state index contributed by atoms with van der Waals surface area (Å²) in [7, 11) is 0. The molecule has 0 atom stereocenters. The summed E-state index contributed by atoms with van der Waals surface area (Å²) in [6.45, 7) is 6.56. The molecule has 0 bridgehead atoms. The number of rotatable bonds is 5. The van der Waals surface area contributed by atoms with E-state index in [4.69, 9.17) is 8.94 Å². The lowest BCUT2D eigenvalue weighted by Crippen LogP contribution is -2.10. The van der Waals surface area contributed by atoms with Gasteiger partial charge in [-0.2, -0.15) is 4.98 Å². The van der Waals surface area contributed by atoms with Crippen LogP contribution in [0.2, 0.25) is 0 Å². The van der Waals surface area contributed by atoms with E-state index in [1.165, 1.54) is 17.3 Å². The standard InChI is InChI=1S/C21H20N4O2S/c1-21(2,3)16-11-9-15(10-12-16)19-23-24-20(26-19)28-13-17-22-18(27-25-17)14-7-5-4-6-8-14/h4-12H,13H2,1-3H3. The van der Waals surface area contributed by atoms with Gasteiger partial charge in [-0.3, -0.25) is 0 Å². The molecule has 142 valence electrons. The lowest BCUT2D eigenvalue weighted by Gasteiger charge is -2.18. The van der Waals surface area contributed by atoms with Gasteiger partial charge in [-0.25, -0.2) is 0 Å². The van der Waals surface area contributed by atoms with Crippen molar-refractivity contribution in [2.75, 3.05) is 0 Å². The molecule has 0 unspecified atom stereocenters. The lowest BCUT2D eigenvalue weighted by atomic mass is 9.87. The Hall–Kier alpha value is -2.93. The molecule has 0 saturated heterocycles. The summed E-state index contributed by atoms with van der Waals surface area (Å²) in [4.78, 5) is 4.40. The molecule has 2 aromatic heterocycles. The van der Waals surface area contributed by atoms with Gasteiger partial charge >= 0.3 is 0 Å². The van der Waals surface area contributed by atoms with Crippen LogP contribution in [0.1, 0.15) is 32.2 Å². The predicted molar refractivity (Wildman–Crippen MR) is 108 cm³/mol. The van der Waals surface area contributed by atoms with Crippen molar-refractivity contribution < 1.29 is 8.94 Å². The molecule has 0 spiro atoms. The Balaban J connectivity index is 1.41. The van der Waals surface area contributed by atoms with E-state index in [-0.39, 0.29) is 5.41 Å². The van der Waals surface area contributed by atoms with Crippen LogP contribution in [0.15, 0.2) is 68.8 Å². The van der Waals surface area contributed by atoms with Gasteiger partial charge < -0.3 is 8.94 Å². The maximum absolute atomic E-state index is 5.76. The summed E-state index contributed by atoms with van der Waals surface area (Å²) in [5, 5.41) is 12.7. The Kier molecular flexibility index (Phi) is 5.00. The number of benzene rings is 2. The fourth-order valence-corrected chi connectivity index (χ4v) is 3.24. The molecular weight excluding hydrogens is 372 g/mol. The minimum absolute atomic E-state index is 0.109. The van der Waals surface area contributed by atoms with Crippen LogP contribution < -0.4 is 0 Å². The minimum atomic E-state index is 0.109. The van der Waals surface area contributed by atoms with E-state index < -0.39 is 0 Å². The van der Waals surface area contributed by atoms with Gasteiger partial charge in [-0.15, -0.1) is 10.2 Å². The van der Waals surface area contributed by atoms with Crippen molar-refractivity contribution in [3.8, 4) is 22.9 Å². The average molecular weight is 392 g/mol. The molecule has 0 radical (unpaired) electrons. The van der Waals surface area contributed by atoms with Crippen molar-refractivity contribution >= 4 is 11.8 Å². The SMILES string of the molecule is CC(C)(C)c1ccc(-c2nnc(SCc3noc(-c4ccccc4)n3)o2)cc1. The predicted octanol–water partition coefficient (Wildman–Crippen LogP) is 5.38. The van der Waals surface area contributed by atoms with Crippen molar-refractivity contribution in [1.29, 1.82) is 0 Å². The van der Waals surface area contributed by atoms with Crippen molar-refractivity contribution in [1.82, 2.24) is 20.3 Å². The van der Waals surface area contributed by atoms with E-state index in [0.29, 0.717) is 28.6 Å². The molecule has 2 heterocycles. The Morgan fingerprint density at radius 1 is 0.857 bits per heavy atom. The highest BCUT2D eigenvalue weighted by molar-refractivity contribution is 7.98. The second-order valence-corrected chi connectivity index (χ2v) is 8.30. The van der Waals surface area contributed by atoms with Gasteiger partial charge in [0.2, 0.25) is 5.89 Å². The molecule has 0 fully saturated rings. The molecule has 6 nitrogen and oxygen atoms in total. The van der Waals surface area contributed by atoms with E-state index in [9.17, 15) is 0 Å². The molecule has 0 amide bonds. The van der Waals surface area contributed by atoms with Crippen LogP contribution in [0.3, 0.4) is 0 Å². The van der Waals surface area contributed by atoms with Gasteiger partial charge in [-0.1, -0.05) is 68.0 Å². The van der Waals surface area contributed by atoms with E-state index in [1.807, 2.05) is 42.5 Å². The molecule has 0 saturated carbocycles. The first kappa shape index (κ1) is 18.4. The maximum atomic E-state index is 5.76. The van der Waals surface area contributed by atoms with Crippen LogP contribution >= 0.6 is 11.8 Å². The first-order valence-corrected chi connectivity index (χ1v) is 9.93. The van der Waals surface area contributed by atoms with Gasteiger partial charge in [0.15, 0.2) is 5.82 Å². The zero-order valence-corrected chi connectivity index (χ0v) is 16.7. The van der Waals surface area contributed by atoms with Crippen LogP contribution in [0.5, 0.6) is 0 Å². The third-order valence-electron chi connectivity index (χ3n) is 4.22. The molecule has 0 aliphatic heterocycles. The quantitative estimate of drug-likeness (QED) is 0.422. The third-order valence-corrected chi connectivity index (χ3v) is 5.03. The molecular formula is C21H20N4O2S. The van der Waals surface area contributed by atoms with Gasteiger partial charge in [0.1, 0.15) is 0 Å². The average Bonchev–Trinajstić information content (AvgIpc) is 3.36. The first-order chi connectivity index (χ1) is 13.5. The third kappa shape index (κ3) is 4.14. The number of thioether (sulfide) groups is 1. The van der Waals surface area contributed by atoms with E-state index in [1.54, 1.807) is 0 Å². The minimum Gasteiger partial charge on any atom is -0.411 e. The van der Waals surface area contributed by atoms with Crippen LogP contribution in [-0.2, 0) is 11.2 Å². The first-order valence-electron chi connectivity index (χ1n) is 8.94. The normalized spacial score (nSPS) is 11.7. The van der Waals surface area contributed by atoms with E-state index in [0.717, 1.165) is 11.1 Å². The zero-order valence-electron chi connectivity index (χ0n) is 15.9. The molecule has 4 rings (SSSR count). The number of nitrogens with zero attached hydrogens (tertiary/aromatic N) is 4. The number of aromatic nitrogens is 4. The smallest absolute Gasteiger partial charge is 0.277 e. The Morgan fingerprint density at radius 2 is 1.57 bits per heavy atom. The molecule has 0 N–H and O–H groups in total. The molecule has 7 heteroatoms. The summed E-state index contributed by atoms with van der Waals surface area (Å²) < 4.78 is 11.1. The highest BCUT2D eigenvalue weighted by Crippen LogP contribution is 2.28. The second kappa shape index (κ2) is 7.59. The van der Waals surface area contributed by atoms with Gasteiger partial charge in [0.25, 0.3) is 11.1 Å². The van der Waals surface area contributed by atoms with Crippen LogP contribution in [0.4, 0.5) is 0 Å². The fraction of sp³-hybridized carbons (Fsp3) is 0.238. The number of hydrogen-bond donors (Lipinski definition) is 0. The highest BCUT2D eigenvalue weighted by Gasteiger charge is 2.15. The van der Waals surface area contributed by atoms with Gasteiger partial charge in [0, 0.05) is 11.1 Å². The molecule has 4 aromatic rings. The maximum Gasteiger partial charge on any atom is 0.277 e. The summed E-state index contributed by atoms with van der Waals surface area (Å²) >= 11 is 1.38. The molecule has 28 heavy (non-hydrogen) atoms. The molecule has 0 aliphatic rings. The summed E-state index contributed by atoms with van der Waals surface area (Å²) in [6, 6.07) is 17.9. The second-order valence-electron chi connectivity index (χ2n) is 7.37. The monoisotopic (exact) mass is 392 g/mol. The number of hydrogen-bond acceptors (Lipinski definition) is 7. The van der Waals surface area contributed by atoms with Crippen molar-refractivity contribution in [2.45, 2.75) is 37.2 Å². The van der Waals surface area contributed by atoms with Crippen molar-refractivity contribution in [2.24, 2.45) is 0 Å². The molecule has 0 aliphatic carbocycles. The van der Waals surface area contributed by atoms with Crippen molar-refractivity contribution in [3.63, 3.8) is 0 Å². The van der Waals surface area contributed by atoms with Crippen LogP contribution in [-0.4, -0.2) is 20.3 Å². The zero-order chi connectivity index (χ0) is 19.6. The Morgan fingerprint density at radius 3 is 2.29 bits per heavy atom. The largest absolute Gasteiger partial charge is 0.411 e. The van der Waals surface area contributed by atoms with Crippen LogP contribution in [0, 0.1) is 0 Å². The van der Waals surface area contributed by atoms with E-state index in [2.05, 4.69) is 53.2 Å². The summed E-state index contributed by atoms with van der Waals surface area (Å²) in [5.74, 6) is 2.07. The molecule has 2 aromatic carbocycles. The van der Waals surface area contributed by atoms with Crippen LogP contribution in [0.25, 0.3) is 22.9 Å². The fourth-order valence-electron chi connectivity index (χ4n) is 2.63. The topological polar surface area (TPSA) is 77.8 Å².